The van der Waals surface area contributed by atoms with Crippen LogP contribution < -0.4 is 0 Å². The molecule has 0 aliphatic carbocycles. The lowest BCUT2D eigenvalue weighted by atomic mass is 9.84. The van der Waals surface area contributed by atoms with E-state index in [0.29, 0.717) is 6.04 Å². The Labute approximate surface area is 135 Å². The molecule has 23 heavy (non-hydrogen) atoms. The summed E-state index contributed by atoms with van der Waals surface area (Å²) in [7, 11) is 2.04. The van der Waals surface area contributed by atoms with Gasteiger partial charge in [0.15, 0.2) is 0 Å². The van der Waals surface area contributed by atoms with Crippen molar-refractivity contribution in [1.82, 2.24) is 24.2 Å². The number of imidazole rings is 1. The molecule has 0 amide bonds. The Morgan fingerprint density at radius 2 is 2.04 bits per heavy atom. The molecule has 3 saturated heterocycles. The van der Waals surface area contributed by atoms with Crippen LogP contribution in [0.1, 0.15) is 18.9 Å². The Bertz CT molecular complexity index is 853. The lowest BCUT2D eigenvalue weighted by Gasteiger charge is -2.44. The molecule has 2 aromatic heterocycles. The molecule has 5 heterocycles. The molecule has 5 nitrogen and oxygen atoms in total. The largest absolute Gasteiger partial charge is 0.334 e. The molecular formula is C18H21N5. The SMILES string of the molecule is Cn1ccnc1-c1ccc2cnn([C@H]3CN4CCC3CC4)c2c1. The number of hydrogen-bond acceptors (Lipinski definition) is 3. The molecule has 1 atom stereocenters. The van der Waals surface area contributed by atoms with Crippen molar-refractivity contribution in [1.29, 1.82) is 0 Å². The van der Waals surface area contributed by atoms with Crippen LogP contribution in [0.25, 0.3) is 22.3 Å². The van der Waals surface area contributed by atoms with E-state index >= 15 is 0 Å². The predicted molar refractivity (Wildman–Crippen MR) is 90.1 cm³/mol. The highest BCUT2D eigenvalue weighted by atomic mass is 15.3. The summed E-state index contributed by atoms with van der Waals surface area (Å²) in [5.74, 6) is 1.79. The molecule has 3 aliphatic rings. The average Bonchev–Trinajstić information content (AvgIpc) is 3.21. The van der Waals surface area contributed by atoms with Crippen molar-refractivity contribution in [3.05, 3.63) is 36.8 Å². The van der Waals surface area contributed by atoms with Crippen LogP contribution in [-0.2, 0) is 7.05 Å². The van der Waals surface area contributed by atoms with Gasteiger partial charge in [-0.05, 0) is 37.9 Å². The van der Waals surface area contributed by atoms with E-state index in [-0.39, 0.29) is 0 Å². The topological polar surface area (TPSA) is 38.9 Å². The van der Waals surface area contributed by atoms with Gasteiger partial charge < -0.3 is 9.47 Å². The quantitative estimate of drug-likeness (QED) is 0.731. The number of aryl methyl sites for hydroxylation is 1. The van der Waals surface area contributed by atoms with E-state index in [0.717, 1.165) is 23.9 Å². The Morgan fingerprint density at radius 3 is 2.74 bits per heavy atom. The number of piperidine rings is 3. The number of nitrogens with zero attached hydrogens (tertiary/aromatic N) is 5. The summed E-state index contributed by atoms with van der Waals surface area (Å²) in [6.07, 6.45) is 8.47. The Morgan fingerprint density at radius 1 is 1.17 bits per heavy atom. The van der Waals surface area contributed by atoms with Gasteiger partial charge in [-0.3, -0.25) is 4.68 Å². The van der Waals surface area contributed by atoms with E-state index < -0.39 is 0 Å². The number of fused-ring (bicyclic) bond motifs is 4. The number of hydrogen-bond donors (Lipinski definition) is 0. The van der Waals surface area contributed by atoms with Crippen molar-refractivity contribution in [2.75, 3.05) is 19.6 Å². The highest BCUT2D eigenvalue weighted by molar-refractivity contribution is 5.83. The molecule has 0 unspecified atom stereocenters. The molecule has 6 rings (SSSR count). The van der Waals surface area contributed by atoms with Crippen LogP contribution in [0.15, 0.2) is 36.8 Å². The van der Waals surface area contributed by atoms with Gasteiger partial charge in [0.25, 0.3) is 0 Å². The summed E-state index contributed by atoms with van der Waals surface area (Å²) < 4.78 is 4.34. The molecule has 5 heteroatoms. The lowest BCUT2D eigenvalue weighted by molar-refractivity contribution is 0.0534. The van der Waals surface area contributed by atoms with Gasteiger partial charge in [0.1, 0.15) is 5.82 Å². The minimum atomic E-state index is 0.520. The van der Waals surface area contributed by atoms with E-state index in [2.05, 4.69) is 37.3 Å². The Hall–Kier alpha value is -2.14. The van der Waals surface area contributed by atoms with Gasteiger partial charge in [-0.25, -0.2) is 4.98 Å². The molecule has 0 saturated carbocycles. The van der Waals surface area contributed by atoms with Crippen LogP contribution in [0, 0.1) is 5.92 Å². The summed E-state index contributed by atoms with van der Waals surface area (Å²) >= 11 is 0. The number of aromatic nitrogens is 4. The van der Waals surface area contributed by atoms with E-state index in [1.54, 1.807) is 0 Å². The zero-order valence-corrected chi connectivity index (χ0v) is 13.4. The van der Waals surface area contributed by atoms with Gasteiger partial charge in [0.05, 0.1) is 17.8 Å². The van der Waals surface area contributed by atoms with Gasteiger partial charge in [0.2, 0.25) is 0 Å². The summed E-state index contributed by atoms with van der Waals surface area (Å²) in [5, 5.41) is 5.97. The second kappa shape index (κ2) is 4.93. The summed E-state index contributed by atoms with van der Waals surface area (Å²) in [5.41, 5.74) is 2.40. The van der Waals surface area contributed by atoms with E-state index in [1.165, 1.54) is 36.8 Å². The molecule has 2 bridgehead atoms. The van der Waals surface area contributed by atoms with Gasteiger partial charge in [-0.2, -0.15) is 5.10 Å². The first-order valence-electron chi connectivity index (χ1n) is 8.47. The maximum atomic E-state index is 4.75. The molecule has 0 spiro atoms. The van der Waals surface area contributed by atoms with Crippen LogP contribution >= 0.6 is 0 Å². The van der Waals surface area contributed by atoms with Crippen LogP contribution in [0.3, 0.4) is 0 Å². The van der Waals surface area contributed by atoms with Gasteiger partial charge in [-0.1, -0.05) is 12.1 Å². The maximum absolute atomic E-state index is 4.75. The van der Waals surface area contributed by atoms with Crippen LogP contribution in [0.5, 0.6) is 0 Å². The summed E-state index contributed by atoms with van der Waals surface area (Å²) in [6.45, 7) is 3.67. The van der Waals surface area contributed by atoms with Crippen LogP contribution in [-0.4, -0.2) is 43.9 Å². The van der Waals surface area contributed by atoms with Crippen molar-refractivity contribution in [2.24, 2.45) is 13.0 Å². The number of rotatable bonds is 2. The predicted octanol–water partition coefficient (Wildman–Crippen LogP) is 2.70. The summed E-state index contributed by atoms with van der Waals surface area (Å²) in [6, 6.07) is 7.09. The minimum absolute atomic E-state index is 0.520. The highest BCUT2D eigenvalue weighted by Crippen LogP contribution is 2.37. The smallest absolute Gasteiger partial charge is 0.139 e. The standard InChI is InChI=1S/C18H21N5/c1-21-9-6-19-18(21)14-2-3-15-11-20-23(16(15)10-14)17-12-22-7-4-13(17)5-8-22/h2-3,6,9-11,13,17H,4-5,7-8,12H2,1H3/t17-/m0/s1. The first kappa shape index (κ1) is 13.3. The molecule has 1 aromatic carbocycles. The molecule has 118 valence electrons. The highest BCUT2D eigenvalue weighted by Gasteiger charge is 2.36. The molecular weight excluding hydrogens is 286 g/mol. The van der Waals surface area contributed by atoms with Crippen molar-refractivity contribution < 1.29 is 0 Å². The molecule has 0 radical (unpaired) electrons. The second-order valence-electron chi connectivity index (χ2n) is 6.93. The molecule has 3 fully saturated rings. The fourth-order valence-electron chi connectivity index (χ4n) is 4.30. The van der Waals surface area contributed by atoms with Gasteiger partial charge >= 0.3 is 0 Å². The molecule has 3 aromatic rings. The van der Waals surface area contributed by atoms with Crippen molar-refractivity contribution >= 4 is 10.9 Å². The minimum Gasteiger partial charge on any atom is -0.334 e. The monoisotopic (exact) mass is 307 g/mol. The number of benzene rings is 1. The van der Waals surface area contributed by atoms with E-state index in [9.17, 15) is 0 Å². The zero-order chi connectivity index (χ0) is 15.4. The summed E-state index contributed by atoms with van der Waals surface area (Å²) in [4.78, 5) is 7.07. The van der Waals surface area contributed by atoms with Gasteiger partial charge in [-0.15, -0.1) is 0 Å². The maximum Gasteiger partial charge on any atom is 0.139 e. The molecule has 3 aliphatic heterocycles. The zero-order valence-electron chi connectivity index (χ0n) is 13.4. The van der Waals surface area contributed by atoms with Gasteiger partial charge in [0, 0.05) is 36.9 Å². The third-order valence-electron chi connectivity index (χ3n) is 5.61. The fourth-order valence-corrected chi connectivity index (χ4v) is 4.30. The first-order valence-corrected chi connectivity index (χ1v) is 8.47. The lowest BCUT2D eigenvalue weighted by Crippen LogP contribution is -2.48. The van der Waals surface area contributed by atoms with Crippen LogP contribution in [0.4, 0.5) is 0 Å². The third-order valence-corrected chi connectivity index (χ3v) is 5.61. The first-order chi connectivity index (χ1) is 11.3. The van der Waals surface area contributed by atoms with Crippen molar-refractivity contribution in [2.45, 2.75) is 18.9 Å². The fraction of sp³-hybridized carbons (Fsp3) is 0.444. The third kappa shape index (κ3) is 2.03. The normalized spacial score (nSPS) is 26.9. The van der Waals surface area contributed by atoms with E-state index in [4.69, 9.17) is 5.10 Å². The average molecular weight is 307 g/mol. The van der Waals surface area contributed by atoms with Crippen LogP contribution in [0.2, 0.25) is 0 Å². The van der Waals surface area contributed by atoms with Crippen molar-refractivity contribution in [3.63, 3.8) is 0 Å². The Kier molecular flexibility index (Phi) is 2.85. The Balaban J connectivity index is 1.61. The van der Waals surface area contributed by atoms with Crippen molar-refractivity contribution in [3.8, 4) is 11.4 Å². The van der Waals surface area contributed by atoms with E-state index in [1.807, 2.05) is 25.6 Å². The molecule has 0 N–H and O–H groups in total. The second-order valence-corrected chi connectivity index (χ2v) is 6.93.